The molecule has 3 nitrogen and oxygen atoms in total. The number of ether oxygens (including phenoxy) is 2. The number of carbonyl (C=O) groups excluding carboxylic acids is 1. The second-order valence-corrected chi connectivity index (χ2v) is 7.41. The smallest absolute Gasteiger partial charge is 0.306 e. The molecule has 1 aliphatic rings. The molecule has 0 aromatic heterocycles. The van der Waals surface area contributed by atoms with Crippen molar-refractivity contribution in [3.63, 3.8) is 0 Å². The molecule has 0 aliphatic carbocycles. The summed E-state index contributed by atoms with van der Waals surface area (Å²) in [6, 6.07) is 0. The summed E-state index contributed by atoms with van der Waals surface area (Å²) >= 11 is 0. The molecule has 0 aromatic rings. The van der Waals surface area contributed by atoms with E-state index in [4.69, 9.17) is 9.47 Å². The van der Waals surface area contributed by atoms with Crippen LogP contribution in [0.5, 0.6) is 0 Å². The van der Waals surface area contributed by atoms with Gasteiger partial charge in [0.2, 0.25) is 0 Å². The van der Waals surface area contributed by atoms with Gasteiger partial charge in [-0.2, -0.15) is 0 Å². The molecule has 0 saturated carbocycles. The molecule has 0 spiro atoms. The normalized spacial score (nSPS) is 16.7. The first-order valence-corrected chi connectivity index (χ1v) is 10.9. The molecule has 1 rings (SSSR count). The summed E-state index contributed by atoms with van der Waals surface area (Å²) in [5, 5.41) is 0. The Morgan fingerprint density at radius 2 is 1.48 bits per heavy atom. The summed E-state index contributed by atoms with van der Waals surface area (Å²) in [6.07, 6.45) is 17.3. The van der Waals surface area contributed by atoms with E-state index in [0.29, 0.717) is 12.5 Å². The van der Waals surface area contributed by atoms with Gasteiger partial charge in [-0.15, -0.1) is 0 Å². The maximum atomic E-state index is 11.5. The number of unbranched alkanes of at least 4 members (excludes halogenated alkanes) is 8. The minimum Gasteiger partial charge on any atom is -0.463 e. The van der Waals surface area contributed by atoms with Gasteiger partial charge in [-0.1, -0.05) is 85.0 Å². The molecule has 0 radical (unpaired) electrons. The molecule has 0 amide bonds. The van der Waals surface area contributed by atoms with E-state index in [1.165, 1.54) is 64.2 Å². The van der Waals surface area contributed by atoms with E-state index in [1.54, 1.807) is 0 Å². The third kappa shape index (κ3) is 19.6. The summed E-state index contributed by atoms with van der Waals surface area (Å²) in [5.74, 6) is -0.00726. The molecule has 1 heterocycles. The van der Waals surface area contributed by atoms with Gasteiger partial charge in [0.15, 0.2) is 0 Å². The van der Waals surface area contributed by atoms with Crippen LogP contribution in [-0.4, -0.2) is 24.8 Å². The summed E-state index contributed by atoms with van der Waals surface area (Å²) in [6.45, 7) is 9.63. The van der Waals surface area contributed by atoms with Crippen molar-refractivity contribution in [3.8, 4) is 0 Å². The van der Waals surface area contributed by atoms with E-state index < -0.39 is 0 Å². The van der Waals surface area contributed by atoms with Crippen molar-refractivity contribution in [1.29, 1.82) is 0 Å². The fraction of sp³-hybridized carbons (Fsp3) is 0.955. The quantitative estimate of drug-likeness (QED) is 0.183. The molecule has 3 heteroatoms. The largest absolute Gasteiger partial charge is 0.463 e. The van der Waals surface area contributed by atoms with Crippen molar-refractivity contribution >= 4 is 5.97 Å². The van der Waals surface area contributed by atoms with Crippen molar-refractivity contribution in [2.45, 2.75) is 130 Å². The van der Waals surface area contributed by atoms with Crippen LogP contribution in [0.25, 0.3) is 0 Å². The standard InChI is InChI=1S/C16H32O2.C6H12O/c1-4-6-8-9-10-11-12-14-16(17)18-15(3)13-7-5-2;1-2-3-4-6-5-7-6/h15H,4-14H2,1-3H3;6H,2-5H2,1H3. The SMILES string of the molecule is CCCCC1CO1.CCCCCCCCCC(=O)OC(C)CCCC. The minimum absolute atomic E-state index is 0.00726. The molecule has 0 aromatic carbocycles. The van der Waals surface area contributed by atoms with Crippen molar-refractivity contribution in [2.24, 2.45) is 0 Å². The van der Waals surface area contributed by atoms with Gasteiger partial charge in [0, 0.05) is 6.42 Å². The Labute approximate surface area is 157 Å². The lowest BCUT2D eigenvalue weighted by molar-refractivity contribution is -0.148. The number of hydrogen-bond donors (Lipinski definition) is 0. The highest BCUT2D eigenvalue weighted by molar-refractivity contribution is 5.69. The van der Waals surface area contributed by atoms with Gasteiger partial charge in [-0.3, -0.25) is 4.79 Å². The first kappa shape index (κ1) is 24.4. The zero-order chi connectivity index (χ0) is 18.8. The lowest BCUT2D eigenvalue weighted by atomic mass is 10.1. The van der Waals surface area contributed by atoms with Crippen LogP contribution in [0.2, 0.25) is 0 Å². The monoisotopic (exact) mass is 356 g/mol. The van der Waals surface area contributed by atoms with Gasteiger partial charge in [0.25, 0.3) is 0 Å². The van der Waals surface area contributed by atoms with Crippen LogP contribution >= 0.6 is 0 Å². The van der Waals surface area contributed by atoms with E-state index in [2.05, 4.69) is 20.8 Å². The first-order chi connectivity index (χ1) is 12.1. The number of hydrogen-bond acceptors (Lipinski definition) is 3. The van der Waals surface area contributed by atoms with Gasteiger partial charge >= 0.3 is 5.97 Å². The second-order valence-electron chi connectivity index (χ2n) is 7.41. The number of rotatable bonds is 15. The van der Waals surface area contributed by atoms with Crippen LogP contribution in [0.3, 0.4) is 0 Å². The number of epoxide rings is 1. The van der Waals surface area contributed by atoms with Crippen LogP contribution < -0.4 is 0 Å². The van der Waals surface area contributed by atoms with E-state index >= 15 is 0 Å². The average molecular weight is 357 g/mol. The van der Waals surface area contributed by atoms with Gasteiger partial charge < -0.3 is 9.47 Å². The molecule has 2 atom stereocenters. The lowest BCUT2D eigenvalue weighted by Gasteiger charge is -2.12. The van der Waals surface area contributed by atoms with Crippen LogP contribution in [0.15, 0.2) is 0 Å². The minimum atomic E-state index is -0.00726. The van der Waals surface area contributed by atoms with Crippen LogP contribution in [0.1, 0.15) is 118 Å². The van der Waals surface area contributed by atoms with Gasteiger partial charge in [0.05, 0.1) is 18.8 Å². The third-order valence-corrected chi connectivity index (χ3v) is 4.56. The summed E-state index contributed by atoms with van der Waals surface area (Å²) in [7, 11) is 0. The Balaban J connectivity index is 0.000000676. The zero-order valence-corrected chi connectivity index (χ0v) is 17.5. The number of carbonyl (C=O) groups is 1. The Hall–Kier alpha value is -0.570. The highest BCUT2D eigenvalue weighted by Gasteiger charge is 2.20. The summed E-state index contributed by atoms with van der Waals surface area (Å²) in [5.41, 5.74) is 0. The predicted octanol–water partition coefficient (Wildman–Crippen LogP) is 6.82. The van der Waals surface area contributed by atoms with Crippen LogP contribution in [0, 0.1) is 0 Å². The average Bonchev–Trinajstić information content (AvgIpc) is 3.42. The third-order valence-electron chi connectivity index (χ3n) is 4.56. The van der Waals surface area contributed by atoms with E-state index in [-0.39, 0.29) is 12.1 Å². The fourth-order valence-electron chi connectivity index (χ4n) is 2.73. The van der Waals surface area contributed by atoms with E-state index in [0.717, 1.165) is 25.9 Å². The maximum absolute atomic E-state index is 11.5. The molecule has 1 saturated heterocycles. The molecule has 1 aliphatic heterocycles. The maximum Gasteiger partial charge on any atom is 0.306 e. The second kappa shape index (κ2) is 18.2. The molecule has 2 unspecified atom stereocenters. The topological polar surface area (TPSA) is 38.8 Å². The Kier molecular flexibility index (Phi) is 17.8. The fourth-order valence-corrected chi connectivity index (χ4v) is 2.73. The van der Waals surface area contributed by atoms with Gasteiger partial charge in [-0.05, 0) is 26.2 Å². The van der Waals surface area contributed by atoms with Gasteiger partial charge in [0.1, 0.15) is 0 Å². The molecule has 150 valence electrons. The lowest BCUT2D eigenvalue weighted by Crippen LogP contribution is -2.14. The van der Waals surface area contributed by atoms with Crippen molar-refractivity contribution in [3.05, 3.63) is 0 Å². The molecular weight excluding hydrogens is 312 g/mol. The Bertz CT molecular complexity index is 287. The molecule has 1 fully saturated rings. The highest BCUT2D eigenvalue weighted by atomic mass is 16.6. The van der Waals surface area contributed by atoms with E-state index in [1.807, 2.05) is 6.92 Å². The highest BCUT2D eigenvalue weighted by Crippen LogP contribution is 2.15. The van der Waals surface area contributed by atoms with Crippen molar-refractivity contribution < 1.29 is 14.3 Å². The molecular formula is C22H44O3. The van der Waals surface area contributed by atoms with Gasteiger partial charge in [-0.25, -0.2) is 0 Å². The number of esters is 1. The zero-order valence-electron chi connectivity index (χ0n) is 17.5. The van der Waals surface area contributed by atoms with Crippen LogP contribution in [0.4, 0.5) is 0 Å². The molecule has 25 heavy (non-hydrogen) atoms. The summed E-state index contributed by atoms with van der Waals surface area (Å²) < 4.78 is 10.4. The van der Waals surface area contributed by atoms with Crippen molar-refractivity contribution in [2.75, 3.05) is 6.61 Å². The van der Waals surface area contributed by atoms with Crippen LogP contribution in [-0.2, 0) is 14.3 Å². The van der Waals surface area contributed by atoms with E-state index in [9.17, 15) is 4.79 Å². The summed E-state index contributed by atoms with van der Waals surface area (Å²) in [4.78, 5) is 11.5. The predicted molar refractivity (Wildman–Crippen MR) is 107 cm³/mol. The molecule has 0 N–H and O–H groups in total. The van der Waals surface area contributed by atoms with Crippen molar-refractivity contribution in [1.82, 2.24) is 0 Å². The first-order valence-electron chi connectivity index (χ1n) is 10.9. The Morgan fingerprint density at radius 3 is 2.04 bits per heavy atom. The molecule has 0 bridgehead atoms. The Morgan fingerprint density at radius 1 is 0.920 bits per heavy atom.